The lowest BCUT2D eigenvalue weighted by atomic mass is 9.92. The number of aromatic nitrogens is 3. The number of likely N-dealkylation sites (tertiary alicyclic amines) is 1. The summed E-state index contributed by atoms with van der Waals surface area (Å²) < 4.78 is 12.8. The first-order chi connectivity index (χ1) is 14.6. The number of nitrogens with zero attached hydrogens (tertiary/aromatic N) is 5. The fourth-order valence-electron chi connectivity index (χ4n) is 4.28. The third-order valence-electron chi connectivity index (χ3n) is 6.10. The van der Waals surface area contributed by atoms with Crippen molar-refractivity contribution in [2.24, 2.45) is 0 Å². The molecule has 0 bridgehead atoms. The number of methoxy groups -OCH3 is 1. The molecule has 3 aromatic heterocycles. The minimum absolute atomic E-state index is 0.360. The van der Waals surface area contributed by atoms with Gasteiger partial charge in [0.25, 0.3) is 0 Å². The van der Waals surface area contributed by atoms with E-state index in [1.807, 2.05) is 12.6 Å². The molecule has 0 atom stereocenters. The van der Waals surface area contributed by atoms with Gasteiger partial charge < -0.3 is 18.6 Å². The number of fused-ring (bicyclic) bond motifs is 1. The summed E-state index contributed by atoms with van der Waals surface area (Å²) in [5.74, 6) is 1.43. The summed E-state index contributed by atoms with van der Waals surface area (Å²) in [5, 5.41) is 0. The number of imidazole rings is 1. The predicted octanol–water partition coefficient (Wildman–Crippen LogP) is 4.07. The average Bonchev–Trinajstić information content (AvgIpc) is 3.41. The van der Waals surface area contributed by atoms with Crippen molar-refractivity contribution in [3.8, 4) is 0 Å². The van der Waals surface area contributed by atoms with Crippen LogP contribution in [0.1, 0.15) is 49.9 Å². The quantitative estimate of drug-likeness (QED) is 0.557. The number of hydrogen-bond donors (Lipinski definition) is 0. The van der Waals surface area contributed by atoms with Crippen LogP contribution in [0.4, 0.5) is 5.82 Å². The van der Waals surface area contributed by atoms with Crippen LogP contribution in [0.2, 0.25) is 0 Å². The zero-order valence-corrected chi connectivity index (χ0v) is 18.5. The SMILES string of the molecule is COCCN(C)c1nc(C2CCN(Cc3ccoc3)CC2)cc2c1ncn2C(C)C. The highest BCUT2D eigenvalue weighted by molar-refractivity contribution is 5.87. The Balaban J connectivity index is 1.58. The average molecular weight is 412 g/mol. The second-order valence-electron chi connectivity index (χ2n) is 8.58. The van der Waals surface area contributed by atoms with Crippen LogP contribution in [0, 0.1) is 0 Å². The fourth-order valence-corrected chi connectivity index (χ4v) is 4.28. The molecule has 30 heavy (non-hydrogen) atoms. The van der Waals surface area contributed by atoms with Crippen LogP contribution in [-0.2, 0) is 11.3 Å². The second kappa shape index (κ2) is 9.18. The van der Waals surface area contributed by atoms with E-state index < -0.39 is 0 Å². The number of furan rings is 1. The van der Waals surface area contributed by atoms with Gasteiger partial charge in [-0.25, -0.2) is 9.97 Å². The van der Waals surface area contributed by atoms with Crippen LogP contribution >= 0.6 is 0 Å². The van der Waals surface area contributed by atoms with E-state index in [1.165, 1.54) is 16.8 Å². The topological polar surface area (TPSA) is 59.6 Å². The fraction of sp³-hybridized carbons (Fsp3) is 0.565. The van der Waals surface area contributed by atoms with Gasteiger partial charge in [0.2, 0.25) is 0 Å². The summed E-state index contributed by atoms with van der Waals surface area (Å²) in [4.78, 5) is 14.5. The van der Waals surface area contributed by atoms with E-state index in [-0.39, 0.29) is 0 Å². The highest BCUT2D eigenvalue weighted by atomic mass is 16.5. The minimum atomic E-state index is 0.360. The molecule has 0 unspecified atom stereocenters. The lowest BCUT2D eigenvalue weighted by Gasteiger charge is -2.32. The Morgan fingerprint density at radius 1 is 1.30 bits per heavy atom. The molecule has 7 nitrogen and oxygen atoms in total. The zero-order chi connectivity index (χ0) is 21.1. The largest absolute Gasteiger partial charge is 0.472 e. The molecule has 0 radical (unpaired) electrons. The van der Waals surface area contributed by atoms with Gasteiger partial charge in [-0.2, -0.15) is 0 Å². The van der Waals surface area contributed by atoms with Gasteiger partial charge in [0, 0.05) is 50.5 Å². The number of hydrogen-bond acceptors (Lipinski definition) is 6. The summed E-state index contributed by atoms with van der Waals surface area (Å²) in [6.07, 6.45) is 7.78. The van der Waals surface area contributed by atoms with Crippen LogP contribution in [0.3, 0.4) is 0 Å². The molecular formula is C23H33N5O2. The lowest BCUT2D eigenvalue weighted by molar-refractivity contribution is 0.202. The maximum atomic E-state index is 5.28. The second-order valence-corrected chi connectivity index (χ2v) is 8.58. The summed E-state index contributed by atoms with van der Waals surface area (Å²) in [7, 11) is 3.81. The van der Waals surface area contributed by atoms with Crippen LogP contribution in [0.25, 0.3) is 11.0 Å². The number of likely N-dealkylation sites (N-methyl/N-ethyl adjacent to an activating group) is 1. The molecule has 0 aliphatic carbocycles. The third-order valence-corrected chi connectivity index (χ3v) is 6.10. The van der Waals surface area contributed by atoms with E-state index in [9.17, 15) is 0 Å². The number of rotatable bonds is 8. The summed E-state index contributed by atoms with van der Waals surface area (Å²) in [5.41, 5.74) is 4.58. The third kappa shape index (κ3) is 4.37. The van der Waals surface area contributed by atoms with E-state index >= 15 is 0 Å². The van der Waals surface area contributed by atoms with Gasteiger partial charge in [-0.3, -0.25) is 4.90 Å². The Bertz CT molecular complexity index is 942. The van der Waals surface area contributed by atoms with E-state index in [2.05, 4.69) is 47.4 Å². The highest BCUT2D eigenvalue weighted by Crippen LogP contribution is 2.33. The predicted molar refractivity (Wildman–Crippen MR) is 119 cm³/mol. The van der Waals surface area contributed by atoms with Gasteiger partial charge in [0.1, 0.15) is 5.52 Å². The van der Waals surface area contributed by atoms with Crippen molar-refractivity contribution >= 4 is 16.9 Å². The van der Waals surface area contributed by atoms with Crippen molar-refractivity contribution in [1.82, 2.24) is 19.4 Å². The van der Waals surface area contributed by atoms with Crippen molar-refractivity contribution in [2.45, 2.75) is 45.2 Å². The van der Waals surface area contributed by atoms with Crippen LogP contribution in [0.15, 0.2) is 35.4 Å². The van der Waals surface area contributed by atoms with Crippen molar-refractivity contribution in [1.29, 1.82) is 0 Å². The number of piperidine rings is 1. The Morgan fingerprint density at radius 3 is 2.77 bits per heavy atom. The van der Waals surface area contributed by atoms with Gasteiger partial charge in [-0.05, 0) is 51.9 Å². The maximum absolute atomic E-state index is 5.28. The zero-order valence-electron chi connectivity index (χ0n) is 18.5. The molecule has 0 N–H and O–H groups in total. The highest BCUT2D eigenvalue weighted by Gasteiger charge is 2.25. The van der Waals surface area contributed by atoms with Crippen molar-refractivity contribution in [3.63, 3.8) is 0 Å². The summed E-state index contributed by atoms with van der Waals surface area (Å²) in [6, 6.07) is 4.68. The van der Waals surface area contributed by atoms with Crippen molar-refractivity contribution < 1.29 is 9.15 Å². The van der Waals surface area contributed by atoms with E-state index in [0.29, 0.717) is 18.6 Å². The number of ether oxygens (including phenoxy) is 1. The molecule has 0 amide bonds. The molecule has 0 saturated carbocycles. The molecule has 4 rings (SSSR count). The van der Waals surface area contributed by atoms with Gasteiger partial charge in [-0.15, -0.1) is 0 Å². The number of pyridine rings is 1. The van der Waals surface area contributed by atoms with E-state index in [4.69, 9.17) is 19.1 Å². The van der Waals surface area contributed by atoms with Crippen LogP contribution in [-0.4, -0.2) is 59.8 Å². The van der Waals surface area contributed by atoms with Gasteiger partial charge in [0.15, 0.2) is 5.82 Å². The minimum Gasteiger partial charge on any atom is -0.472 e. The van der Waals surface area contributed by atoms with Crippen molar-refractivity contribution in [3.05, 3.63) is 42.2 Å². The Kier molecular flexibility index (Phi) is 6.39. The lowest BCUT2D eigenvalue weighted by Crippen LogP contribution is -2.32. The first-order valence-corrected chi connectivity index (χ1v) is 10.9. The Hall–Kier alpha value is -2.38. The first-order valence-electron chi connectivity index (χ1n) is 10.9. The Morgan fingerprint density at radius 2 is 2.10 bits per heavy atom. The van der Waals surface area contributed by atoms with E-state index in [1.54, 1.807) is 13.4 Å². The first kappa shape index (κ1) is 20.9. The van der Waals surface area contributed by atoms with Gasteiger partial charge >= 0.3 is 0 Å². The molecule has 1 saturated heterocycles. The smallest absolute Gasteiger partial charge is 0.156 e. The molecule has 0 aromatic carbocycles. The van der Waals surface area contributed by atoms with E-state index in [0.717, 1.165) is 50.4 Å². The van der Waals surface area contributed by atoms with Crippen LogP contribution in [0.5, 0.6) is 0 Å². The number of anilines is 1. The normalized spacial score (nSPS) is 16.0. The molecule has 1 aliphatic rings. The molecule has 162 valence electrons. The monoisotopic (exact) mass is 411 g/mol. The van der Waals surface area contributed by atoms with Crippen LogP contribution < -0.4 is 4.90 Å². The summed E-state index contributed by atoms with van der Waals surface area (Å²) in [6.45, 7) is 8.97. The molecule has 3 aromatic rings. The molecule has 0 spiro atoms. The Labute approximate surface area is 178 Å². The van der Waals surface area contributed by atoms with Crippen molar-refractivity contribution in [2.75, 3.05) is 45.3 Å². The van der Waals surface area contributed by atoms with Gasteiger partial charge in [0.05, 0.1) is 31.0 Å². The molecule has 4 heterocycles. The molecule has 1 aliphatic heterocycles. The molecular weight excluding hydrogens is 378 g/mol. The summed E-state index contributed by atoms with van der Waals surface area (Å²) >= 11 is 0. The standard InChI is InChI=1S/C23H33N5O2/c1-17(2)28-16-24-22-21(28)13-20(25-23(22)26(3)10-12-29-4)19-5-8-27(9-6-19)14-18-7-11-30-15-18/h7,11,13,15-17,19H,5-6,8-10,12,14H2,1-4H3. The molecule has 7 heteroatoms. The molecule has 1 fully saturated rings. The maximum Gasteiger partial charge on any atom is 0.156 e. The van der Waals surface area contributed by atoms with Gasteiger partial charge in [-0.1, -0.05) is 0 Å².